The number of hydrogen-bond acceptors (Lipinski definition) is 6. The fourth-order valence-electron chi connectivity index (χ4n) is 3.00. The number of carbonyl (C=O) groups is 1. The highest BCUT2D eigenvalue weighted by Gasteiger charge is 2.18. The first-order valence-corrected chi connectivity index (χ1v) is 8.75. The smallest absolute Gasteiger partial charge is 0.274 e. The number of amides is 1. The summed E-state index contributed by atoms with van der Waals surface area (Å²) in [7, 11) is 0. The summed E-state index contributed by atoms with van der Waals surface area (Å²) in [6.45, 7) is 1.97. The number of hydrogen-bond donors (Lipinski definition) is 2. The summed E-state index contributed by atoms with van der Waals surface area (Å²) in [6, 6.07) is 10.3. The molecule has 0 saturated carbocycles. The first-order valence-electron chi connectivity index (χ1n) is 8.75. The number of rotatable bonds is 5. The summed E-state index contributed by atoms with van der Waals surface area (Å²) in [6.07, 6.45) is 3.89. The van der Waals surface area contributed by atoms with Gasteiger partial charge in [-0.15, -0.1) is 0 Å². The van der Waals surface area contributed by atoms with E-state index in [0.717, 1.165) is 13.0 Å². The van der Waals surface area contributed by atoms with Gasteiger partial charge in [-0.25, -0.2) is 4.98 Å². The van der Waals surface area contributed by atoms with Crippen LogP contribution < -0.4 is 10.1 Å². The van der Waals surface area contributed by atoms with Crippen LogP contribution in [0.5, 0.6) is 11.6 Å². The van der Waals surface area contributed by atoms with Crippen molar-refractivity contribution in [3.63, 3.8) is 0 Å². The lowest BCUT2D eigenvalue weighted by molar-refractivity contribution is 0.102. The van der Waals surface area contributed by atoms with Crippen LogP contribution in [0, 0.1) is 5.92 Å². The van der Waals surface area contributed by atoms with Crippen molar-refractivity contribution in [2.75, 3.05) is 25.1 Å². The van der Waals surface area contributed by atoms with Crippen molar-refractivity contribution in [3.8, 4) is 11.6 Å². The number of nitrogens with zero attached hydrogens (tertiary/aromatic N) is 2. The third kappa shape index (κ3) is 3.83. The molecule has 7 nitrogen and oxygen atoms in total. The van der Waals surface area contributed by atoms with E-state index in [4.69, 9.17) is 9.47 Å². The quantitative estimate of drug-likeness (QED) is 0.722. The van der Waals surface area contributed by atoms with Crippen LogP contribution in [-0.2, 0) is 4.74 Å². The van der Waals surface area contributed by atoms with Crippen molar-refractivity contribution in [1.29, 1.82) is 0 Å². The molecule has 0 aliphatic carbocycles. The summed E-state index contributed by atoms with van der Waals surface area (Å²) in [5.41, 5.74) is 0.870. The number of ether oxygens (including phenoxy) is 2. The maximum Gasteiger partial charge on any atom is 0.274 e. The fourth-order valence-corrected chi connectivity index (χ4v) is 3.00. The summed E-state index contributed by atoms with van der Waals surface area (Å²) < 4.78 is 11.2. The average Bonchev–Trinajstić information content (AvgIpc) is 3.22. The molecule has 3 aromatic rings. The Hall–Kier alpha value is -3.19. The molecule has 3 heterocycles. The van der Waals surface area contributed by atoms with Crippen molar-refractivity contribution < 1.29 is 19.4 Å². The highest BCUT2D eigenvalue weighted by Crippen LogP contribution is 2.33. The Balaban J connectivity index is 1.56. The van der Waals surface area contributed by atoms with E-state index >= 15 is 0 Å². The number of fused-ring (bicyclic) bond motifs is 1. The third-order valence-electron chi connectivity index (χ3n) is 4.47. The van der Waals surface area contributed by atoms with Crippen molar-refractivity contribution in [2.24, 2.45) is 5.92 Å². The van der Waals surface area contributed by atoms with Gasteiger partial charge in [0.1, 0.15) is 11.4 Å². The Morgan fingerprint density at radius 1 is 1.26 bits per heavy atom. The molecule has 0 radical (unpaired) electrons. The zero-order chi connectivity index (χ0) is 18.6. The van der Waals surface area contributed by atoms with E-state index in [1.807, 2.05) is 0 Å². The molecule has 1 fully saturated rings. The Labute approximate surface area is 156 Å². The molecule has 1 saturated heterocycles. The summed E-state index contributed by atoms with van der Waals surface area (Å²) in [4.78, 5) is 20.5. The molecule has 1 aliphatic heterocycles. The molecule has 0 spiro atoms. The van der Waals surface area contributed by atoms with Crippen molar-refractivity contribution in [2.45, 2.75) is 6.42 Å². The van der Waals surface area contributed by atoms with Crippen LogP contribution in [0.3, 0.4) is 0 Å². The molecule has 2 N–H and O–H groups in total. The molecule has 1 atom stereocenters. The van der Waals surface area contributed by atoms with Crippen LogP contribution in [0.4, 0.5) is 5.69 Å². The van der Waals surface area contributed by atoms with Crippen molar-refractivity contribution in [1.82, 2.24) is 9.97 Å². The first-order chi connectivity index (χ1) is 13.2. The molecule has 4 rings (SSSR count). The SMILES string of the molecule is O=C(Nc1ccc2c(OCC3CCOC3)ncc(O)c2c1)c1ccccn1. The van der Waals surface area contributed by atoms with E-state index in [1.165, 1.54) is 6.20 Å². The Bertz CT molecular complexity index is 956. The topological polar surface area (TPSA) is 93.6 Å². The maximum atomic E-state index is 12.3. The van der Waals surface area contributed by atoms with E-state index in [2.05, 4.69) is 15.3 Å². The van der Waals surface area contributed by atoms with Gasteiger partial charge in [0, 0.05) is 35.2 Å². The van der Waals surface area contributed by atoms with E-state index < -0.39 is 0 Å². The van der Waals surface area contributed by atoms with Gasteiger partial charge in [0.2, 0.25) is 5.88 Å². The number of carbonyl (C=O) groups excluding carboxylic acids is 1. The molecule has 138 valence electrons. The van der Waals surface area contributed by atoms with Crippen LogP contribution in [0.15, 0.2) is 48.8 Å². The van der Waals surface area contributed by atoms with Crippen LogP contribution in [0.1, 0.15) is 16.9 Å². The van der Waals surface area contributed by atoms with Crippen LogP contribution in [0.2, 0.25) is 0 Å². The van der Waals surface area contributed by atoms with Gasteiger partial charge in [-0.1, -0.05) is 6.07 Å². The molecule has 2 aromatic heterocycles. The fraction of sp³-hybridized carbons (Fsp3) is 0.250. The minimum absolute atomic E-state index is 0.0236. The summed E-state index contributed by atoms with van der Waals surface area (Å²) in [5, 5.41) is 14.2. The lowest BCUT2D eigenvalue weighted by Gasteiger charge is -2.13. The van der Waals surface area contributed by atoms with Crippen LogP contribution >= 0.6 is 0 Å². The molecule has 7 heteroatoms. The standard InChI is InChI=1S/C20H19N3O4/c24-18-10-22-20(27-12-13-6-8-26-11-13)15-5-4-14(9-16(15)18)23-19(25)17-3-1-2-7-21-17/h1-5,7,9-10,13,24H,6,8,11-12H2,(H,23,25). The van der Waals surface area contributed by atoms with Gasteiger partial charge in [-0.2, -0.15) is 0 Å². The number of benzene rings is 1. The summed E-state index contributed by atoms with van der Waals surface area (Å²) in [5.74, 6) is 0.515. The molecular weight excluding hydrogens is 346 g/mol. The Morgan fingerprint density at radius 2 is 2.19 bits per heavy atom. The van der Waals surface area contributed by atoms with Gasteiger partial charge in [-0.05, 0) is 36.8 Å². The predicted molar refractivity (Wildman–Crippen MR) is 100 cm³/mol. The number of anilines is 1. The van der Waals surface area contributed by atoms with Gasteiger partial charge in [0.05, 0.1) is 19.4 Å². The monoisotopic (exact) mass is 365 g/mol. The van der Waals surface area contributed by atoms with Crippen LogP contribution in [0.25, 0.3) is 10.8 Å². The predicted octanol–water partition coefficient (Wildman–Crippen LogP) is 3.00. The van der Waals surface area contributed by atoms with Crippen molar-refractivity contribution in [3.05, 3.63) is 54.5 Å². The molecule has 1 aliphatic rings. The lowest BCUT2D eigenvalue weighted by atomic mass is 10.1. The van der Waals surface area contributed by atoms with Gasteiger partial charge in [0.25, 0.3) is 5.91 Å². The maximum absolute atomic E-state index is 12.3. The van der Waals surface area contributed by atoms with Gasteiger partial charge < -0.3 is 19.9 Å². The van der Waals surface area contributed by atoms with E-state index in [0.29, 0.717) is 47.2 Å². The second-order valence-corrected chi connectivity index (χ2v) is 6.42. The molecule has 1 amide bonds. The van der Waals surface area contributed by atoms with E-state index in [1.54, 1.807) is 42.6 Å². The first kappa shape index (κ1) is 17.2. The largest absolute Gasteiger partial charge is 0.506 e. The van der Waals surface area contributed by atoms with Gasteiger partial charge >= 0.3 is 0 Å². The number of aromatic hydroxyl groups is 1. The molecule has 0 bridgehead atoms. The van der Waals surface area contributed by atoms with Crippen LogP contribution in [-0.4, -0.2) is 40.8 Å². The Morgan fingerprint density at radius 3 is 2.96 bits per heavy atom. The molecule has 1 aromatic carbocycles. The number of nitrogens with one attached hydrogen (secondary N) is 1. The van der Waals surface area contributed by atoms with Gasteiger partial charge in [0.15, 0.2) is 0 Å². The number of pyridine rings is 2. The third-order valence-corrected chi connectivity index (χ3v) is 4.47. The van der Waals surface area contributed by atoms with Gasteiger partial charge in [-0.3, -0.25) is 9.78 Å². The van der Waals surface area contributed by atoms with E-state index in [-0.39, 0.29) is 11.7 Å². The average molecular weight is 365 g/mol. The second-order valence-electron chi connectivity index (χ2n) is 6.42. The highest BCUT2D eigenvalue weighted by molar-refractivity contribution is 6.04. The zero-order valence-electron chi connectivity index (χ0n) is 14.6. The van der Waals surface area contributed by atoms with E-state index in [9.17, 15) is 9.90 Å². The molecule has 1 unspecified atom stereocenters. The normalized spacial score (nSPS) is 16.4. The number of aromatic nitrogens is 2. The van der Waals surface area contributed by atoms with Crippen molar-refractivity contribution >= 4 is 22.4 Å². The Kier molecular flexibility index (Phi) is 4.84. The summed E-state index contributed by atoms with van der Waals surface area (Å²) >= 11 is 0. The molecular formula is C20H19N3O4. The highest BCUT2D eigenvalue weighted by atomic mass is 16.5. The minimum atomic E-state index is -0.318. The lowest BCUT2D eigenvalue weighted by Crippen LogP contribution is -2.13. The second kappa shape index (κ2) is 7.59. The minimum Gasteiger partial charge on any atom is -0.506 e. The molecule has 27 heavy (non-hydrogen) atoms. The zero-order valence-corrected chi connectivity index (χ0v) is 14.6.